The number of ether oxygens (including phenoxy) is 1. The fourth-order valence-electron chi connectivity index (χ4n) is 3.44. The Labute approximate surface area is 194 Å². The molecule has 170 valence electrons. The minimum Gasteiger partial charge on any atom is -0.496 e. The van der Waals surface area contributed by atoms with Gasteiger partial charge in [-0.2, -0.15) is 0 Å². The maximum Gasteiger partial charge on any atom is 0.320 e. The van der Waals surface area contributed by atoms with Gasteiger partial charge in [0.2, 0.25) is 0 Å². The molecule has 0 aliphatic heterocycles. The summed E-state index contributed by atoms with van der Waals surface area (Å²) < 4.78 is 5.32. The number of carbonyl (C=O) groups excluding carboxylic acids is 1. The molecule has 2 amide bonds. The predicted molar refractivity (Wildman–Crippen MR) is 133 cm³/mol. The highest BCUT2D eigenvalue weighted by Gasteiger charge is 2.11. The summed E-state index contributed by atoms with van der Waals surface area (Å²) >= 11 is 0. The molecule has 3 aromatic rings. The largest absolute Gasteiger partial charge is 0.496 e. The van der Waals surface area contributed by atoms with Gasteiger partial charge in [-0.15, -0.1) is 0 Å². The van der Waals surface area contributed by atoms with E-state index in [0.717, 1.165) is 19.3 Å². The SMILES string of the molecule is C=C/C(OC)=C(\C=C)c1cnc2ccc(NC(=O)N[C@H](C)CCCc3ccccc3)nc2n1. The lowest BCUT2D eigenvalue weighted by Crippen LogP contribution is -2.36. The Bertz CT molecular complexity index is 1160. The molecular weight excluding hydrogens is 414 g/mol. The van der Waals surface area contributed by atoms with Crippen LogP contribution in [0.15, 0.2) is 79.7 Å². The quantitative estimate of drug-likeness (QED) is 0.328. The van der Waals surface area contributed by atoms with Crippen molar-refractivity contribution in [1.29, 1.82) is 0 Å². The molecule has 3 rings (SSSR count). The Morgan fingerprint density at radius 1 is 1.12 bits per heavy atom. The minimum absolute atomic E-state index is 0.0345. The summed E-state index contributed by atoms with van der Waals surface area (Å²) in [5.74, 6) is 0.927. The zero-order valence-corrected chi connectivity index (χ0v) is 19.0. The van der Waals surface area contributed by atoms with Gasteiger partial charge in [-0.3, -0.25) is 10.3 Å². The molecule has 1 aromatic carbocycles. The Morgan fingerprint density at radius 2 is 1.91 bits per heavy atom. The number of carbonyl (C=O) groups is 1. The number of pyridine rings is 1. The topological polar surface area (TPSA) is 89.0 Å². The van der Waals surface area contributed by atoms with Crippen molar-refractivity contribution >= 4 is 28.6 Å². The van der Waals surface area contributed by atoms with E-state index in [9.17, 15) is 4.79 Å². The van der Waals surface area contributed by atoms with E-state index in [1.807, 2.05) is 25.1 Å². The molecule has 7 heteroatoms. The molecule has 0 saturated carbocycles. The molecule has 2 aromatic heterocycles. The van der Waals surface area contributed by atoms with E-state index in [4.69, 9.17) is 4.74 Å². The van der Waals surface area contributed by atoms with Crippen LogP contribution in [-0.2, 0) is 11.2 Å². The van der Waals surface area contributed by atoms with E-state index in [2.05, 4.69) is 50.9 Å². The second kappa shape index (κ2) is 11.6. The van der Waals surface area contributed by atoms with Crippen molar-refractivity contribution < 1.29 is 9.53 Å². The van der Waals surface area contributed by atoms with E-state index in [1.54, 1.807) is 37.6 Å². The van der Waals surface area contributed by atoms with Crippen molar-refractivity contribution in [3.8, 4) is 0 Å². The standard InChI is InChI=1S/C26H29N5O2/c1-5-20(23(6-2)33-4)22-17-27-21-15-16-24(30-25(21)29-22)31-26(32)28-18(3)11-10-14-19-12-8-7-9-13-19/h5-9,12-13,15-18H,1-2,10-11,14H2,3-4H3,(H2,28,29,30,31,32)/b23-20-/t18-/m1/s1. The molecule has 0 bridgehead atoms. The molecule has 7 nitrogen and oxygen atoms in total. The lowest BCUT2D eigenvalue weighted by molar-refractivity contribution is 0.248. The highest BCUT2D eigenvalue weighted by molar-refractivity contribution is 5.89. The van der Waals surface area contributed by atoms with Gasteiger partial charge >= 0.3 is 6.03 Å². The number of methoxy groups -OCH3 is 1. The molecular formula is C26H29N5O2. The maximum absolute atomic E-state index is 12.4. The summed E-state index contributed by atoms with van der Waals surface area (Å²) in [5, 5.41) is 5.74. The normalized spacial score (nSPS) is 12.4. The van der Waals surface area contributed by atoms with Crippen LogP contribution in [0.2, 0.25) is 0 Å². The number of nitrogens with one attached hydrogen (secondary N) is 2. The van der Waals surface area contributed by atoms with Gasteiger partial charge in [0.15, 0.2) is 5.65 Å². The van der Waals surface area contributed by atoms with Crippen LogP contribution in [0.1, 0.15) is 31.0 Å². The average molecular weight is 444 g/mol. The van der Waals surface area contributed by atoms with E-state index in [1.165, 1.54) is 5.56 Å². The van der Waals surface area contributed by atoms with Crippen molar-refractivity contribution in [2.75, 3.05) is 12.4 Å². The molecule has 1 atom stereocenters. The molecule has 2 heterocycles. The van der Waals surface area contributed by atoms with E-state index in [0.29, 0.717) is 34.0 Å². The number of amides is 2. The van der Waals surface area contributed by atoms with Crippen LogP contribution >= 0.6 is 0 Å². The second-order valence-electron chi connectivity index (χ2n) is 7.56. The minimum atomic E-state index is -0.307. The number of aromatic nitrogens is 3. The number of nitrogens with zero attached hydrogens (tertiary/aromatic N) is 3. The van der Waals surface area contributed by atoms with Gasteiger partial charge in [0.05, 0.1) is 19.0 Å². The van der Waals surface area contributed by atoms with E-state index >= 15 is 0 Å². The molecule has 33 heavy (non-hydrogen) atoms. The van der Waals surface area contributed by atoms with Gasteiger partial charge in [0.1, 0.15) is 17.1 Å². The molecule has 0 fully saturated rings. The first-order valence-corrected chi connectivity index (χ1v) is 10.8. The van der Waals surface area contributed by atoms with Crippen molar-refractivity contribution in [3.63, 3.8) is 0 Å². The van der Waals surface area contributed by atoms with Crippen LogP contribution in [0.3, 0.4) is 0 Å². The second-order valence-corrected chi connectivity index (χ2v) is 7.56. The number of fused-ring (bicyclic) bond motifs is 1. The predicted octanol–water partition coefficient (Wildman–Crippen LogP) is 5.29. The fraction of sp³-hybridized carbons (Fsp3) is 0.231. The Kier molecular flexibility index (Phi) is 8.30. The highest BCUT2D eigenvalue weighted by atomic mass is 16.5. The fourth-order valence-corrected chi connectivity index (χ4v) is 3.44. The first-order chi connectivity index (χ1) is 16.0. The van der Waals surface area contributed by atoms with Crippen LogP contribution in [0, 0.1) is 0 Å². The molecule has 0 aliphatic rings. The number of hydrogen-bond acceptors (Lipinski definition) is 5. The zero-order valence-electron chi connectivity index (χ0n) is 19.0. The zero-order chi connectivity index (χ0) is 23.6. The smallest absolute Gasteiger partial charge is 0.320 e. The lowest BCUT2D eigenvalue weighted by atomic mass is 10.1. The first kappa shape index (κ1) is 23.7. The highest BCUT2D eigenvalue weighted by Crippen LogP contribution is 2.21. The molecule has 0 aliphatic carbocycles. The number of benzene rings is 1. The number of anilines is 1. The maximum atomic E-state index is 12.4. The van der Waals surface area contributed by atoms with Crippen LogP contribution in [0.4, 0.5) is 10.6 Å². The third kappa shape index (κ3) is 6.49. The summed E-state index contributed by atoms with van der Waals surface area (Å²) in [6, 6.07) is 13.5. The molecule has 0 unspecified atom stereocenters. The monoisotopic (exact) mass is 443 g/mol. The number of allylic oxidation sites excluding steroid dienone is 3. The summed E-state index contributed by atoms with van der Waals surface area (Å²) in [5.41, 5.74) is 3.52. The van der Waals surface area contributed by atoms with Crippen molar-refractivity contribution in [1.82, 2.24) is 20.3 Å². The number of hydrogen-bond donors (Lipinski definition) is 2. The lowest BCUT2D eigenvalue weighted by Gasteiger charge is -2.14. The summed E-state index contributed by atoms with van der Waals surface area (Å²) in [4.78, 5) is 25.8. The van der Waals surface area contributed by atoms with Gasteiger partial charge in [-0.1, -0.05) is 49.6 Å². The summed E-state index contributed by atoms with van der Waals surface area (Å²) in [7, 11) is 1.55. The third-order valence-corrected chi connectivity index (χ3v) is 5.12. The molecule has 0 radical (unpaired) electrons. The van der Waals surface area contributed by atoms with Crippen LogP contribution < -0.4 is 10.6 Å². The van der Waals surface area contributed by atoms with Gasteiger partial charge in [0.25, 0.3) is 0 Å². The molecule has 0 spiro atoms. The van der Waals surface area contributed by atoms with Gasteiger partial charge in [0, 0.05) is 11.6 Å². The first-order valence-electron chi connectivity index (χ1n) is 10.8. The van der Waals surface area contributed by atoms with Crippen molar-refractivity contribution in [3.05, 3.63) is 91.0 Å². The molecule has 2 N–H and O–H groups in total. The average Bonchev–Trinajstić information content (AvgIpc) is 2.82. The van der Waals surface area contributed by atoms with Crippen LogP contribution in [-0.4, -0.2) is 34.1 Å². The number of rotatable bonds is 10. The van der Waals surface area contributed by atoms with E-state index < -0.39 is 0 Å². The van der Waals surface area contributed by atoms with Crippen LogP contribution in [0.25, 0.3) is 16.7 Å². The third-order valence-electron chi connectivity index (χ3n) is 5.12. The van der Waals surface area contributed by atoms with Crippen LogP contribution in [0.5, 0.6) is 0 Å². The molecule has 0 saturated heterocycles. The van der Waals surface area contributed by atoms with Crippen molar-refractivity contribution in [2.45, 2.75) is 32.2 Å². The van der Waals surface area contributed by atoms with Gasteiger partial charge in [-0.05, 0) is 50.0 Å². The number of urea groups is 1. The van der Waals surface area contributed by atoms with E-state index in [-0.39, 0.29) is 12.1 Å². The van der Waals surface area contributed by atoms with Gasteiger partial charge in [-0.25, -0.2) is 14.8 Å². The summed E-state index contributed by atoms with van der Waals surface area (Å²) in [6.07, 6.45) is 7.69. The number of aryl methyl sites for hydroxylation is 1. The van der Waals surface area contributed by atoms with Gasteiger partial charge < -0.3 is 10.1 Å². The Hall–Kier alpha value is -4.00. The van der Waals surface area contributed by atoms with Crippen molar-refractivity contribution in [2.24, 2.45) is 0 Å². The Morgan fingerprint density at radius 3 is 2.61 bits per heavy atom. The summed E-state index contributed by atoms with van der Waals surface area (Å²) in [6.45, 7) is 9.55. The Balaban J connectivity index is 1.63.